The van der Waals surface area contributed by atoms with E-state index in [0.29, 0.717) is 32.5 Å². The van der Waals surface area contributed by atoms with Crippen LogP contribution in [0, 0.1) is 0 Å². The minimum absolute atomic E-state index is 0.0682. The molecule has 0 fully saturated rings. The second-order valence-corrected chi connectivity index (χ2v) is 12.8. The van der Waals surface area contributed by atoms with Crippen LogP contribution in [-0.2, 0) is 27.7 Å². The van der Waals surface area contributed by atoms with E-state index in [2.05, 4.69) is 35.7 Å². The molecule has 4 rings (SSSR count). The molecule has 3 aromatic carbocycles. The zero-order chi connectivity index (χ0) is 25.9. The summed E-state index contributed by atoms with van der Waals surface area (Å²) in [6, 6.07) is 22.0. The molecule has 1 N–H and O–H groups in total. The molecule has 0 saturated heterocycles. The van der Waals surface area contributed by atoms with Crippen molar-refractivity contribution >= 4 is 45.0 Å². The van der Waals surface area contributed by atoms with E-state index in [1.165, 1.54) is 11.8 Å². The van der Waals surface area contributed by atoms with E-state index in [0.717, 1.165) is 11.1 Å². The number of hydrogen-bond acceptors (Lipinski definition) is 5. The minimum atomic E-state index is -3.77. The van der Waals surface area contributed by atoms with E-state index in [1.807, 2.05) is 42.5 Å². The van der Waals surface area contributed by atoms with Gasteiger partial charge in [-0.05, 0) is 46.9 Å². The van der Waals surface area contributed by atoms with Crippen molar-refractivity contribution in [3.63, 3.8) is 0 Å². The van der Waals surface area contributed by atoms with Crippen molar-refractivity contribution in [2.24, 2.45) is 0 Å². The molecule has 0 amide bonds. The number of benzene rings is 3. The maximum atomic E-state index is 13.0. The summed E-state index contributed by atoms with van der Waals surface area (Å²) in [5, 5.41) is 10.1. The molecule has 0 aliphatic rings. The third-order valence-corrected chi connectivity index (χ3v) is 8.47. The van der Waals surface area contributed by atoms with Crippen LogP contribution < -0.4 is 4.72 Å². The topological polar surface area (TPSA) is 76.9 Å². The van der Waals surface area contributed by atoms with Crippen LogP contribution in [0.2, 0.25) is 10.0 Å². The monoisotopic (exact) mass is 560 g/mol. The van der Waals surface area contributed by atoms with E-state index < -0.39 is 10.0 Å². The maximum absolute atomic E-state index is 13.0. The average molecular weight is 562 g/mol. The molecule has 1 aromatic heterocycles. The third-order valence-electron chi connectivity index (χ3n) is 5.51. The van der Waals surface area contributed by atoms with Crippen LogP contribution in [0.4, 0.5) is 0 Å². The number of thioether (sulfide) groups is 1. The van der Waals surface area contributed by atoms with Crippen LogP contribution in [0.3, 0.4) is 0 Å². The lowest BCUT2D eigenvalue weighted by molar-refractivity contribution is 0.575. The first-order valence-corrected chi connectivity index (χ1v) is 14.4. The first-order chi connectivity index (χ1) is 17.0. The summed E-state index contributed by atoms with van der Waals surface area (Å²) in [5.41, 5.74) is 2.72. The molecule has 0 radical (unpaired) electrons. The van der Waals surface area contributed by atoms with Crippen molar-refractivity contribution in [1.29, 1.82) is 0 Å². The molecule has 0 bridgehead atoms. The van der Waals surface area contributed by atoms with Gasteiger partial charge in [0.15, 0.2) is 11.0 Å². The molecule has 0 unspecified atom stereocenters. The molecule has 0 atom stereocenters. The molecule has 1 heterocycles. The SMILES string of the molecule is CC(C)(C)c1ccc(S(=O)(=O)NCc2nnc(SCc3ccccc3)n2-c2ccc(Cl)cc2Cl)cc1. The summed E-state index contributed by atoms with van der Waals surface area (Å²) in [5.74, 6) is 1.07. The Morgan fingerprint density at radius 3 is 2.28 bits per heavy atom. The Balaban J connectivity index is 1.61. The van der Waals surface area contributed by atoms with Crippen molar-refractivity contribution in [3.05, 3.63) is 99.8 Å². The zero-order valence-electron chi connectivity index (χ0n) is 20.1. The lowest BCUT2D eigenvalue weighted by Crippen LogP contribution is -2.25. The van der Waals surface area contributed by atoms with E-state index in [4.69, 9.17) is 23.2 Å². The number of rotatable bonds is 8. The third kappa shape index (κ3) is 6.30. The van der Waals surface area contributed by atoms with Crippen LogP contribution in [0.1, 0.15) is 37.7 Å². The molecule has 0 aliphatic carbocycles. The standard InChI is InChI=1S/C26H26Cl2N4O2S2/c1-26(2,3)19-9-12-21(13-10-19)36(33,34)29-16-24-30-31-25(35-17-18-7-5-4-6-8-18)32(24)23-14-11-20(27)15-22(23)28/h4-15,29H,16-17H2,1-3H3. The molecule has 0 aliphatic heterocycles. The Morgan fingerprint density at radius 1 is 0.944 bits per heavy atom. The predicted octanol–water partition coefficient (Wildman–Crippen LogP) is 6.64. The van der Waals surface area contributed by atoms with Gasteiger partial charge >= 0.3 is 0 Å². The highest BCUT2D eigenvalue weighted by Crippen LogP contribution is 2.31. The fourth-order valence-electron chi connectivity index (χ4n) is 3.51. The van der Waals surface area contributed by atoms with Gasteiger partial charge in [-0.2, -0.15) is 0 Å². The van der Waals surface area contributed by atoms with E-state index in [1.54, 1.807) is 34.9 Å². The largest absolute Gasteiger partial charge is 0.271 e. The number of nitrogens with zero attached hydrogens (tertiary/aromatic N) is 3. The van der Waals surface area contributed by atoms with E-state index in [-0.39, 0.29) is 16.9 Å². The highest BCUT2D eigenvalue weighted by Gasteiger charge is 2.21. The van der Waals surface area contributed by atoms with Crippen LogP contribution in [-0.4, -0.2) is 23.2 Å². The van der Waals surface area contributed by atoms with Crippen molar-refractivity contribution < 1.29 is 8.42 Å². The smallest absolute Gasteiger partial charge is 0.240 e. The molecular weight excluding hydrogens is 535 g/mol. The molecular formula is C26H26Cl2N4O2S2. The Kier molecular flexibility index (Phi) is 8.12. The summed E-state index contributed by atoms with van der Waals surface area (Å²) in [4.78, 5) is 0.185. The van der Waals surface area contributed by atoms with Gasteiger partial charge in [0.1, 0.15) is 0 Å². The summed E-state index contributed by atoms with van der Waals surface area (Å²) in [6.07, 6.45) is 0. The summed E-state index contributed by atoms with van der Waals surface area (Å²) < 4.78 is 30.5. The second kappa shape index (κ2) is 10.9. The summed E-state index contributed by atoms with van der Waals surface area (Å²) in [7, 11) is -3.77. The fraction of sp³-hybridized carbons (Fsp3) is 0.231. The summed E-state index contributed by atoms with van der Waals surface area (Å²) in [6.45, 7) is 6.17. The molecule has 6 nitrogen and oxygen atoms in total. The second-order valence-electron chi connectivity index (χ2n) is 9.20. The van der Waals surface area contributed by atoms with Crippen molar-refractivity contribution in [3.8, 4) is 5.69 Å². The lowest BCUT2D eigenvalue weighted by Gasteiger charge is -2.19. The summed E-state index contributed by atoms with van der Waals surface area (Å²) >= 11 is 14.1. The highest BCUT2D eigenvalue weighted by atomic mass is 35.5. The van der Waals surface area contributed by atoms with Crippen LogP contribution in [0.15, 0.2) is 82.8 Å². The number of aromatic nitrogens is 3. The van der Waals surface area contributed by atoms with Gasteiger partial charge in [0.2, 0.25) is 10.0 Å². The lowest BCUT2D eigenvalue weighted by atomic mass is 9.87. The molecule has 0 saturated carbocycles. The van der Waals surface area contributed by atoms with E-state index in [9.17, 15) is 8.42 Å². The van der Waals surface area contributed by atoms with Gasteiger partial charge in [0, 0.05) is 10.8 Å². The van der Waals surface area contributed by atoms with Crippen molar-refractivity contribution in [1.82, 2.24) is 19.5 Å². The van der Waals surface area contributed by atoms with Gasteiger partial charge in [-0.15, -0.1) is 10.2 Å². The Morgan fingerprint density at radius 2 is 1.64 bits per heavy atom. The quantitative estimate of drug-likeness (QED) is 0.244. The minimum Gasteiger partial charge on any atom is -0.271 e. The molecule has 36 heavy (non-hydrogen) atoms. The zero-order valence-corrected chi connectivity index (χ0v) is 23.2. The number of sulfonamides is 1. The van der Waals surface area contributed by atoms with Crippen LogP contribution >= 0.6 is 35.0 Å². The maximum Gasteiger partial charge on any atom is 0.240 e. The number of nitrogens with one attached hydrogen (secondary N) is 1. The number of hydrogen-bond donors (Lipinski definition) is 1. The first-order valence-electron chi connectivity index (χ1n) is 11.2. The molecule has 188 valence electrons. The fourth-order valence-corrected chi connectivity index (χ4v) is 5.90. The van der Waals surface area contributed by atoms with Gasteiger partial charge in [-0.3, -0.25) is 4.57 Å². The van der Waals surface area contributed by atoms with Gasteiger partial charge in [-0.25, -0.2) is 13.1 Å². The normalized spacial score (nSPS) is 12.1. The average Bonchev–Trinajstić information content (AvgIpc) is 3.24. The van der Waals surface area contributed by atoms with Crippen molar-refractivity contribution in [2.75, 3.05) is 0 Å². The molecule has 10 heteroatoms. The van der Waals surface area contributed by atoms with Gasteiger partial charge in [0.05, 0.1) is 22.2 Å². The predicted molar refractivity (Wildman–Crippen MR) is 147 cm³/mol. The molecule has 4 aromatic rings. The first kappa shape index (κ1) is 26.7. The molecule has 0 spiro atoms. The van der Waals surface area contributed by atoms with Gasteiger partial charge in [0.25, 0.3) is 0 Å². The van der Waals surface area contributed by atoms with Gasteiger partial charge in [-0.1, -0.05) is 98.2 Å². The Labute approximate surface area is 226 Å². The van der Waals surface area contributed by atoms with E-state index >= 15 is 0 Å². The Hall–Kier alpha value is -2.36. The van der Waals surface area contributed by atoms with Gasteiger partial charge < -0.3 is 0 Å². The number of halogens is 2. The van der Waals surface area contributed by atoms with Crippen LogP contribution in [0.25, 0.3) is 5.69 Å². The highest BCUT2D eigenvalue weighted by molar-refractivity contribution is 7.98. The van der Waals surface area contributed by atoms with Crippen molar-refractivity contribution in [2.45, 2.75) is 48.5 Å². The van der Waals surface area contributed by atoms with Crippen LogP contribution in [0.5, 0.6) is 0 Å². The Bertz CT molecular complexity index is 1450.